The number of benzene rings is 2. The summed E-state index contributed by atoms with van der Waals surface area (Å²) < 4.78 is 0. The third-order valence-corrected chi connectivity index (χ3v) is 3.74. The lowest BCUT2D eigenvalue weighted by Gasteiger charge is -2.05. The molecular weight excluding hydrogens is 220 g/mol. The first kappa shape index (κ1) is 9.89. The molecule has 2 aliphatic rings. The Morgan fingerprint density at radius 3 is 2.72 bits per heavy atom. The standard InChI is InChI=1S/C16H14N2/c1-2-4-14-11(3-1)9-13-10-12(5-6-15(13)14)16-17-7-8-18-16/h1-6,10H,7-9H2,(H,17,18). The molecule has 88 valence electrons. The van der Waals surface area contributed by atoms with Gasteiger partial charge in [-0.05, 0) is 34.7 Å². The predicted molar refractivity (Wildman–Crippen MR) is 74.1 cm³/mol. The van der Waals surface area contributed by atoms with E-state index in [1.54, 1.807) is 0 Å². The van der Waals surface area contributed by atoms with E-state index in [9.17, 15) is 0 Å². The maximum absolute atomic E-state index is 4.49. The van der Waals surface area contributed by atoms with Crippen LogP contribution in [-0.2, 0) is 6.42 Å². The van der Waals surface area contributed by atoms with Crippen molar-refractivity contribution in [3.05, 3.63) is 59.2 Å². The summed E-state index contributed by atoms with van der Waals surface area (Å²) in [6.45, 7) is 1.86. The second-order valence-corrected chi connectivity index (χ2v) is 4.86. The Morgan fingerprint density at radius 1 is 0.944 bits per heavy atom. The molecule has 0 unspecified atom stereocenters. The van der Waals surface area contributed by atoms with Gasteiger partial charge in [0.25, 0.3) is 0 Å². The number of fused-ring (bicyclic) bond motifs is 3. The lowest BCUT2D eigenvalue weighted by atomic mass is 10.0. The smallest absolute Gasteiger partial charge is 0.128 e. The average Bonchev–Trinajstić information content (AvgIpc) is 3.05. The van der Waals surface area contributed by atoms with Crippen LogP contribution in [0.4, 0.5) is 0 Å². The third kappa shape index (κ3) is 1.39. The lowest BCUT2D eigenvalue weighted by Crippen LogP contribution is -2.19. The summed E-state index contributed by atoms with van der Waals surface area (Å²) in [5.41, 5.74) is 6.85. The molecule has 2 heteroatoms. The van der Waals surface area contributed by atoms with Gasteiger partial charge in [0, 0.05) is 12.1 Å². The maximum atomic E-state index is 4.49. The molecule has 1 heterocycles. The molecule has 18 heavy (non-hydrogen) atoms. The number of aliphatic imine (C=N–C) groups is 1. The molecule has 0 spiro atoms. The Morgan fingerprint density at radius 2 is 1.83 bits per heavy atom. The van der Waals surface area contributed by atoms with Crippen LogP contribution in [-0.4, -0.2) is 18.9 Å². The summed E-state index contributed by atoms with van der Waals surface area (Å²) in [4.78, 5) is 4.49. The zero-order valence-corrected chi connectivity index (χ0v) is 10.1. The van der Waals surface area contributed by atoms with Crippen LogP contribution in [0.3, 0.4) is 0 Å². The molecule has 0 bridgehead atoms. The SMILES string of the molecule is c1ccc2c(c1)Cc1cc(C3=NCCN3)ccc1-2. The molecule has 2 nitrogen and oxygen atoms in total. The molecule has 0 radical (unpaired) electrons. The van der Waals surface area contributed by atoms with Gasteiger partial charge in [-0.3, -0.25) is 4.99 Å². The molecule has 0 saturated carbocycles. The minimum absolute atomic E-state index is 0.895. The van der Waals surface area contributed by atoms with E-state index >= 15 is 0 Å². The van der Waals surface area contributed by atoms with Crippen LogP contribution in [0.1, 0.15) is 16.7 Å². The van der Waals surface area contributed by atoms with E-state index in [2.05, 4.69) is 52.8 Å². The molecular formula is C16H14N2. The highest BCUT2D eigenvalue weighted by Crippen LogP contribution is 2.36. The van der Waals surface area contributed by atoms with Crippen LogP contribution in [0.2, 0.25) is 0 Å². The van der Waals surface area contributed by atoms with Crippen LogP contribution in [0, 0.1) is 0 Å². The maximum Gasteiger partial charge on any atom is 0.128 e. The lowest BCUT2D eigenvalue weighted by molar-refractivity contribution is 0.960. The van der Waals surface area contributed by atoms with Gasteiger partial charge in [-0.2, -0.15) is 0 Å². The molecule has 0 atom stereocenters. The predicted octanol–water partition coefficient (Wildman–Crippen LogP) is 2.61. The summed E-state index contributed by atoms with van der Waals surface area (Å²) in [5.74, 6) is 1.05. The minimum Gasteiger partial charge on any atom is -0.368 e. The van der Waals surface area contributed by atoms with Crippen molar-refractivity contribution in [3.63, 3.8) is 0 Å². The van der Waals surface area contributed by atoms with Gasteiger partial charge < -0.3 is 5.32 Å². The monoisotopic (exact) mass is 234 g/mol. The third-order valence-electron chi connectivity index (χ3n) is 3.74. The van der Waals surface area contributed by atoms with E-state index in [4.69, 9.17) is 0 Å². The van der Waals surface area contributed by atoms with Gasteiger partial charge in [-0.1, -0.05) is 36.4 Å². The van der Waals surface area contributed by atoms with E-state index in [1.165, 1.54) is 27.8 Å². The Kier molecular flexibility index (Phi) is 2.04. The van der Waals surface area contributed by atoms with Gasteiger partial charge >= 0.3 is 0 Å². The van der Waals surface area contributed by atoms with Crippen LogP contribution in [0.15, 0.2) is 47.5 Å². The number of nitrogens with zero attached hydrogens (tertiary/aromatic N) is 1. The Bertz CT molecular complexity index is 656. The van der Waals surface area contributed by atoms with Crippen molar-refractivity contribution < 1.29 is 0 Å². The van der Waals surface area contributed by atoms with Gasteiger partial charge in [0.15, 0.2) is 0 Å². The normalized spacial score (nSPS) is 15.9. The number of amidine groups is 1. The fourth-order valence-electron chi connectivity index (χ4n) is 2.88. The second kappa shape index (κ2) is 3.70. The first-order chi connectivity index (χ1) is 8.92. The van der Waals surface area contributed by atoms with Crippen molar-refractivity contribution in [2.75, 3.05) is 13.1 Å². The summed E-state index contributed by atoms with van der Waals surface area (Å²) in [6, 6.07) is 15.4. The van der Waals surface area contributed by atoms with Crippen molar-refractivity contribution in [1.82, 2.24) is 5.32 Å². The molecule has 0 amide bonds. The number of hydrogen-bond acceptors (Lipinski definition) is 2. The molecule has 2 aromatic carbocycles. The summed E-state index contributed by atoms with van der Waals surface area (Å²) in [6.07, 6.45) is 1.05. The van der Waals surface area contributed by atoms with Crippen molar-refractivity contribution in [2.45, 2.75) is 6.42 Å². The van der Waals surface area contributed by atoms with Crippen LogP contribution < -0.4 is 5.32 Å². The van der Waals surface area contributed by atoms with E-state index < -0.39 is 0 Å². The second-order valence-electron chi connectivity index (χ2n) is 4.86. The molecule has 0 aromatic heterocycles. The average molecular weight is 234 g/mol. The van der Waals surface area contributed by atoms with Crippen molar-refractivity contribution in [3.8, 4) is 11.1 Å². The van der Waals surface area contributed by atoms with E-state index in [0.717, 1.165) is 25.3 Å². The minimum atomic E-state index is 0.895. The fraction of sp³-hybridized carbons (Fsp3) is 0.188. The zero-order valence-electron chi connectivity index (χ0n) is 10.1. The first-order valence-electron chi connectivity index (χ1n) is 6.42. The van der Waals surface area contributed by atoms with Crippen molar-refractivity contribution in [1.29, 1.82) is 0 Å². The van der Waals surface area contributed by atoms with Gasteiger partial charge in [0.05, 0.1) is 6.54 Å². The largest absolute Gasteiger partial charge is 0.368 e. The van der Waals surface area contributed by atoms with Crippen LogP contribution in [0.25, 0.3) is 11.1 Å². The van der Waals surface area contributed by atoms with E-state index in [1.807, 2.05) is 0 Å². The van der Waals surface area contributed by atoms with Gasteiger partial charge in [-0.25, -0.2) is 0 Å². The van der Waals surface area contributed by atoms with Crippen LogP contribution >= 0.6 is 0 Å². The summed E-state index contributed by atoms with van der Waals surface area (Å²) in [5, 5.41) is 3.34. The molecule has 0 fully saturated rings. The Hall–Kier alpha value is -2.09. The Labute approximate surface area is 106 Å². The highest BCUT2D eigenvalue weighted by atomic mass is 15.1. The summed E-state index contributed by atoms with van der Waals surface area (Å²) in [7, 11) is 0. The zero-order chi connectivity index (χ0) is 11.9. The molecule has 4 rings (SSSR count). The molecule has 2 aromatic rings. The van der Waals surface area contributed by atoms with Gasteiger partial charge in [-0.15, -0.1) is 0 Å². The quantitative estimate of drug-likeness (QED) is 0.687. The molecule has 1 aliphatic heterocycles. The number of nitrogens with one attached hydrogen (secondary N) is 1. The topological polar surface area (TPSA) is 24.4 Å². The number of hydrogen-bond donors (Lipinski definition) is 1. The highest BCUT2D eigenvalue weighted by molar-refractivity contribution is 6.00. The van der Waals surface area contributed by atoms with Crippen molar-refractivity contribution in [2.24, 2.45) is 4.99 Å². The van der Waals surface area contributed by atoms with Crippen molar-refractivity contribution >= 4 is 5.84 Å². The Balaban J connectivity index is 1.81. The van der Waals surface area contributed by atoms with Crippen LogP contribution in [0.5, 0.6) is 0 Å². The van der Waals surface area contributed by atoms with E-state index in [0.29, 0.717) is 0 Å². The fourth-order valence-corrected chi connectivity index (χ4v) is 2.88. The number of rotatable bonds is 1. The highest BCUT2D eigenvalue weighted by Gasteiger charge is 2.19. The molecule has 1 aliphatic carbocycles. The summed E-state index contributed by atoms with van der Waals surface area (Å²) >= 11 is 0. The molecule has 0 saturated heterocycles. The molecule has 1 N–H and O–H groups in total. The first-order valence-corrected chi connectivity index (χ1v) is 6.42. The van der Waals surface area contributed by atoms with Gasteiger partial charge in [0.1, 0.15) is 5.84 Å². The van der Waals surface area contributed by atoms with E-state index in [-0.39, 0.29) is 0 Å². The van der Waals surface area contributed by atoms with Gasteiger partial charge in [0.2, 0.25) is 0 Å².